The maximum atomic E-state index is 11.7. The molecule has 0 saturated heterocycles. The molecule has 0 spiro atoms. The van der Waals surface area contributed by atoms with Gasteiger partial charge in [-0.15, -0.1) is 11.3 Å². The number of anilines is 2. The van der Waals surface area contributed by atoms with Gasteiger partial charge in [-0.05, 0) is 49.5 Å². The fourth-order valence-electron chi connectivity index (χ4n) is 1.86. The monoisotopic (exact) mass is 385 g/mol. The molecule has 1 aromatic carbocycles. The number of thiocarbonyl (C=S) groups is 1. The third-order valence-electron chi connectivity index (χ3n) is 2.93. The molecular weight excluding hydrogens is 370 g/mol. The number of thiophene rings is 1. The van der Waals surface area contributed by atoms with Crippen molar-refractivity contribution in [2.75, 3.05) is 17.7 Å². The van der Waals surface area contributed by atoms with Gasteiger partial charge in [-0.3, -0.25) is 0 Å². The summed E-state index contributed by atoms with van der Waals surface area (Å²) < 4.78 is 27.2. The van der Waals surface area contributed by atoms with E-state index in [4.69, 9.17) is 22.1 Å². The number of hydrogen-bond acceptors (Lipinski definition) is 6. The average Bonchev–Trinajstić information content (AvgIpc) is 2.86. The van der Waals surface area contributed by atoms with E-state index in [1.165, 1.54) is 42.7 Å². The predicted octanol–water partition coefficient (Wildman–Crippen LogP) is 2.30. The van der Waals surface area contributed by atoms with E-state index in [-0.39, 0.29) is 10.0 Å². The summed E-state index contributed by atoms with van der Waals surface area (Å²) in [5, 5.41) is 11.7. The number of ether oxygens (including phenoxy) is 1. The average molecular weight is 385 g/mol. The summed E-state index contributed by atoms with van der Waals surface area (Å²) in [6, 6.07) is 7.52. The lowest BCUT2D eigenvalue weighted by atomic mass is 10.3. The summed E-state index contributed by atoms with van der Waals surface area (Å²) in [6.45, 7) is 1.87. The molecule has 0 aliphatic rings. The number of benzene rings is 1. The topological polar surface area (TPSA) is 111 Å². The van der Waals surface area contributed by atoms with Crippen LogP contribution in [0.15, 0.2) is 35.2 Å². The van der Waals surface area contributed by atoms with Crippen LogP contribution in [0, 0.1) is 6.92 Å². The Morgan fingerprint density at radius 1 is 1.25 bits per heavy atom. The van der Waals surface area contributed by atoms with Crippen LogP contribution in [0.4, 0.5) is 10.7 Å². The summed E-state index contributed by atoms with van der Waals surface area (Å²) in [7, 11) is -2.43. The van der Waals surface area contributed by atoms with Gasteiger partial charge >= 0.3 is 5.97 Å². The predicted molar refractivity (Wildman–Crippen MR) is 98.1 cm³/mol. The van der Waals surface area contributed by atoms with E-state index in [9.17, 15) is 13.2 Å². The highest BCUT2D eigenvalue weighted by molar-refractivity contribution is 7.89. The Hall–Kier alpha value is -2.01. The number of methoxy groups -OCH3 is 1. The number of rotatable bonds is 4. The number of aryl methyl sites for hydroxylation is 1. The SMILES string of the molecule is COC(=O)c1cc(C)sc1NC(=S)Nc1ccc(S(N)(=O)=O)cc1. The van der Waals surface area contributed by atoms with Gasteiger partial charge in [0.25, 0.3) is 0 Å². The van der Waals surface area contributed by atoms with Gasteiger partial charge in [-0.2, -0.15) is 0 Å². The van der Waals surface area contributed by atoms with E-state index >= 15 is 0 Å². The first-order valence-electron chi connectivity index (χ1n) is 6.60. The minimum absolute atomic E-state index is 0.00814. The fourth-order valence-corrected chi connectivity index (χ4v) is 3.57. The minimum Gasteiger partial charge on any atom is -0.465 e. The molecule has 1 aromatic heterocycles. The first-order chi connectivity index (χ1) is 11.2. The first kappa shape index (κ1) is 18.3. The standard InChI is InChI=1S/C14H15N3O4S3/c1-8-7-11(13(18)21-2)12(23-8)17-14(22)16-9-3-5-10(6-4-9)24(15,19)20/h3-7H,1-2H3,(H2,15,19,20)(H2,16,17,22). The van der Waals surface area contributed by atoms with Crippen molar-refractivity contribution in [2.24, 2.45) is 5.14 Å². The van der Waals surface area contributed by atoms with Crippen LogP contribution >= 0.6 is 23.6 Å². The third-order valence-corrected chi connectivity index (χ3v) is 5.03. The summed E-state index contributed by atoms with van der Waals surface area (Å²) in [5.74, 6) is -0.456. The smallest absolute Gasteiger partial charge is 0.340 e. The molecule has 2 rings (SSSR count). The van der Waals surface area contributed by atoms with Crippen molar-refractivity contribution in [3.05, 3.63) is 40.8 Å². The highest BCUT2D eigenvalue weighted by atomic mass is 32.2. The molecule has 0 unspecified atom stereocenters. The number of nitrogens with two attached hydrogens (primary N) is 1. The fraction of sp³-hybridized carbons (Fsp3) is 0.143. The highest BCUT2D eigenvalue weighted by Gasteiger charge is 2.16. The zero-order chi connectivity index (χ0) is 17.9. The summed E-state index contributed by atoms with van der Waals surface area (Å²) >= 11 is 6.57. The molecule has 0 saturated carbocycles. The maximum Gasteiger partial charge on any atom is 0.340 e. The van der Waals surface area contributed by atoms with E-state index in [0.717, 1.165) is 4.88 Å². The second kappa shape index (κ2) is 7.26. The van der Waals surface area contributed by atoms with Gasteiger partial charge in [0.15, 0.2) is 5.11 Å². The molecule has 0 bridgehead atoms. The molecule has 10 heteroatoms. The van der Waals surface area contributed by atoms with Crippen LogP contribution in [0.1, 0.15) is 15.2 Å². The van der Waals surface area contributed by atoms with Gasteiger partial charge in [0.1, 0.15) is 5.00 Å². The number of sulfonamides is 1. The molecule has 0 amide bonds. The molecule has 4 N–H and O–H groups in total. The first-order valence-corrected chi connectivity index (χ1v) is 9.37. The Morgan fingerprint density at radius 2 is 1.88 bits per heavy atom. The van der Waals surface area contributed by atoms with Crippen molar-refractivity contribution in [1.29, 1.82) is 0 Å². The van der Waals surface area contributed by atoms with Crippen molar-refractivity contribution in [3.8, 4) is 0 Å². The summed E-state index contributed by atoms with van der Waals surface area (Å²) in [6.07, 6.45) is 0. The quantitative estimate of drug-likeness (QED) is 0.547. The van der Waals surface area contributed by atoms with Crippen molar-refractivity contribution >= 4 is 55.3 Å². The van der Waals surface area contributed by atoms with Crippen LogP contribution in [-0.4, -0.2) is 26.6 Å². The van der Waals surface area contributed by atoms with Gasteiger partial charge in [0, 0.05) is 10.6 Å². The van der Waals surface area contributed by atoms with Crippen LogP contribution in [0.2, 0.25) is 0 Å². The van der Waals surface area contributed by atoms with E-state index in [1.807, 2.05) is 6.92 Å². The molecule has 1 heterocycles. The van der Waals surface area contributed by atoms with Crippen molar-refractivity contribution in [1.82, 2.24) is 0 Å². The van der Waals surface area contributed by atoms with E-state index in [1.54, 1.807) is 6.07 Å². The van der Waals surface area contributed by atoms with E-state index < -0.39 is 16.0 Å². The Bertz CT molecular complexity index is 873. The van der Waals surface area contributed by atoms with Gasteiger partial charge in [0.2, 0.25) is 10.0 Å². The Balaban J connectivity index is 2.10. The van der Waals surface area contributed by atoms with Crippen LogP contribution in [-0.2, 0) is 14.8 Å². The lowest BCUT2D eigenvalue weighted by Gasteiger charge is -2.10. The normalized spacial score (nSPS) is 11.0. The van der Waals surface area contributed by atoms with Crippen LogP contribution in [0.25, 0.3) is 0 Å². The molecule has 0 fully saturated rings. The lowest BCUT2D eigenvalue weighted by Crippen LogP contribution is -2.20. The molecule has 0 atom stereocenters. The highest BCUT2D eigenvalue weighted by Crippen LogP contribution is 2.28. The number of primary sulfonamides is 1. The van der Waals surface area contributed by atoms with E-state index in [2.05, 4.69) is 10.6 Å². The molecule has 2 aromatic rings. The number of carbonyl (C=O) groups excluding carboxylic acids is 1. The largest absolute Gasteiger partial charge is 0.465 e. The van der Waals surface area contributed by atoms with Crippen LogP contribution in [0.5, 0.6) is 0 Å². The Morgan fingerprint density at radius 3 is 2.42 bits per heavy atom. The zero-order valence-electron chi connectivity index (χ0n) is 12.8. The summed E-state index contributed by atoms with van der Waals surface area (Å²) in [5.41, 5.74) is 0.974. The second-order valence-electron chi connectivity index (χ2n) is 4.74. The van der Waals surface area contributed by atoms with Gasteiger partial charge in [-0.25, -0.2) is 18.4 Å². The van der Waals surface area contributed by atoms with E-state index in [0.29, 0.717) is 16.3 Å². The molecule has 7 nitrogen and oxygen atoms in total. The van der Waals surface area contributed by atoms with Crippen LogP contribution in [0.3, 0.4) is 0 Å². The minimum atomic E-state index is -3.74. The van der Waals surface area contributed by atoms with Crippen molar-refractivity contribution in [3.63, 3.8) is 0 Å². The van der Waals surface area contributed by atoms with Gasteiger partial charge in [0.05, 0.1) is 17.6 Å². The zero-order valence-corrected chi connectivity index (χ0v) is 15.3. The van der Waals surface area contributed by atoms with Gasteiger partial charge < -0.3 is 15.4 Å². The number of carbonyl (C=O) groups is 1. The number of nitrogens with one attached hydrogen (secondary N) is 2. The molecule has 128 valence electrons. The summed E-state index contributed by atoms with van der Waals surface area (Å²) in [4.78, 5) is 12.7. The number of esters is 1. The van der Waals surface area contributed by atoms with Crippen LogP contribution < -0.4 is 15.8 Å². The lowest BCUT2D eigenvalue weighted by molar-refractivity contribution is 0.0602. The number of hydrogen-bond donors (Lipinski definition) is 3. The second-order valence-corrected chi connectivity index (χ2v) is 7.97. The Labute approximate surface area is 148 Å². The third kappa shape index (κ3) is 4.51. The Kier molecular flexibility index (Phi) is 5.54. The van der Waals surface area contributed by atoms with Gasteiger partial charge in [-0.1, -0.05) is 0 Å². The van der Waals surface area contributed by atoms with Crippen molar-refractivity contribution < 1.29 is 17.9 Å². The molecule has 0 radical (unpaired) electrons. The van der Waals surface area contributed by atoms with Crippen molar-refractivity contribution in [2.45, 2.75) is 11.8 Å². The maximum absolute atomic E-state index is 11.7. The molecule has 0 aliphatic heterocycles. The molecule has 24 heavy (non-hydrogen) atoms. The molecular formula is C14H15N3O4S3. The molecule has 0 aliphatic carbocycles.